The van der Waals surface area contributed by atoms with Crippen LogP contribution in [0.25, 0.3) is 0 Å². The van der Waals surface area contributed by atoms with E-state index in [0.29, 0.717) is 18.5 Å². The van der Waals surface area contributed by atoms with E-state index in [1.54, 1.807) is 12.1 Å². The van der Waals surface area contributed by atoms with Crippen LogP contribution in [-0.2, 0) is 0 Å². The molecule has 0 saturated heterocycles. The fraction of sp³-hybridized carbons (Fsp3) is 0.333. The van der Waals surface area contributed by atoms with E-state index in [-0.39, 0.29) is 11.9 Å². The molecule has 0 saturated carbocycles. The third-order valence-electron chi connectivity index (χ3n) is 2.09. The summed E-state index contributed by atoms with van der Waals surface area (Å²) < 4.78 is 13.3. The number of nitrogens with one attached hydrogen (secondary N) is 1. The zero-order chi connectivity index (χ0) is 10.4. The summed E-state index contributed by atoms with van der Waals surface area (Å²) in [6, 6.07) is 6.77. The maximum absolute atomic E-state index is 13.3. The average Bonchev–Trinajstić information content (AvgIpc) is 2.18. The van der Waals surface area contributed by atoms with Crippen LogP contribution in [0.5, 0.6) is 0 Å². The van der Waals surface area contributed by atoms with Gasteiger partial charge in [0.05, 0.1) is 0 Å². The van der Waals surface area contributed by atoms with E-state index in [1.807, 2.05) is 13.0 Å². The molecule has 1 atom stereocenters. The Morgan fingerprint density at radius 1 is 1.50 bits per heavy atom. The highest BCUT2D eigenvalue weighted by molar-refractivity contribution is 5.20. The molecular formula is C12H14FN. The molecule has 1 aromatic carbocycles. The van der Waals surface area contributed by atoms with Crippen LogP contribution in [0, 0.1) is 18.2 Å². The van der Waals surface area contributed by atoms with Gasteiger partial charge in [-0.3, -0.25) is 0 Å². The first kappa shape index (κ1) is 10.7. The molecule has 1 N–H and O–H groups in total. The molecule has 0 bridgehead atoms. The smallest absolute Gasteiger partial charge is 0.127 e. The van der Waals surface area contributed by atoms with Gasteiger partial charge in [-0.25, -0.2) is 4.39 Å². The third kappa shape index (κ3) is 2.86. The molecule has 0 amide bonds. The summed E-state index contributed by atoms with van der Waals surface area (Å²) in [6.45, 7) is 2.64. The minimum atomic E-state index is -0.173. The number of rotatable bonds is 4. The van der Waals surface area contributed by atoms with Crippen LogP contribution in [0.15, 0.2) is 24.3 Å². The number of benzene rings is 1. The fourth-order valence-electron chi connectivity index (χ4n) is 1.30. The first-order valence-corrected chi connectivity index (χ1v) is 4.67. The molecule has 14 heavy (non-hydrogen) atoms. The average molecular weight is 191 g/mol. The number of hydrogen-bond acceptors (Lipinski definition) is 1. The van der Waals surface area contributed by atoms with Gasteiger partial charge in [-0.1, -0.05) is 18.2 Å². The van der Waals surface area contributed by atoms with Crippen LogP contribution in [0.2, 0.25) is 0 Å². The van der Waals surface area contributed by atoms with E-state index in [9.17, 15) is 4.39 Å². The first-order valence-electron chi connectivity index (χ1n) is 4.67. The van der Waals surface area contributed by atoms with E-state index < -0.39 is 0 Å². The Morgan fingerprint density at radius 2 is 2.21 bits per heavy atom. The quantitative estimate of drug-likeness (QED) is 0.569. The summed E-state index contributed by atoms with van der Waals surface area (Å²) in [4.78, 5) is 0. The molecule has 1 nitrogen and oxygen atoms in total. The van der Waals surface area contributed by atoms with Crippen molar-refractivity contribution < 1.29 is 4.39 Å². The summed E-state index contributed by atoms with van der Waals surface area (Å²) in [6.07, 6.45) is 5.78. The Balaban J connectivity index is 2.57. The predicted octanol–water partition coefficient (Wildman–Crippen LogP) is 2.50. The van der Waals surface area contributed by atoms with Crippen LogP contribution in [0.4, 0.5) is 4.39 Å². The van der Waals surface area contributed by atoms with Crippen molar-refractivity contribution in [2.24, 2.45) is 0 Å². The lowest BCUT2D eigenvalue weighted by atomic mass is 10.1. The zero-order valence-corrected chi connectivity index (χ0v) is 8.26. The zero-order valence-electron chi connectivity index (χ0n) is 8.26. The lowest BCUT2D eigenvalue weighted by molar-refractivity contribution is 0.534. The van der Waals surface area contributed by atoms with E-state index in [0.717, 1.165) is 0 Å². The van der Waals surface area contributed by atoms with Crippen LogP contribution in [-0.4, -0.2) is 6.54 Å². The van der Waals surface area contributed by atoms with Crippen molar-refractivity contribution >= 4 is 0 Å². The van der Waals surface area contributed by atoms with Crippen LogP contribution < -0.4 is 5.32 Å². The Morgan fingerprint density at radius 3 is 2.86 bits per heavy atom. The highest BCUT2D eigenvalue weighted by Gasteiger charge is 2.08. The lowest BCUT2D eigenvalue weighted by Crippen LogP contribution is -2.20. The second kappa shape index (κ2) is 5.41. The van der Waals surface area contributed by atoms with Gasteiger partial charge in [0.2, 0.25) is 0 Å². The molecule has 0 aliphatic rings. The molecule has 0 fully saturated rings. The van der Waals surface area contributed by atoms with Crippen molar-refractivity contribution in [1.82, 2.24) is 5.32 Å². The summed E-state index contributed by atoms with van der Waals surface area (Å²) in [5.41, 5.74) is 0.685. The fourth-order valence-corrected chi connectivity index (χ4v) is 1.30. The molecule has 0 aliphatic carbocycles. The Labute approximate surface area is 84.3 Å². The maximum Gasteiger partial charge on any atom is 0.127 e. The topological polar surface area (TPSA) is 12.0 Å². The van der Waals surface area contributed by atoms with Gasteiger partial charge in [-0.2, -0.15) is 0 Å². The monoisotopic (exact) mass is 191 g/mol. The van der Waals surface area contributed by atoms with Crippen LogP contribution in [0.3, 0.4) is 0 Å². The van der Waals surface area contributed by atoms with E-state index in [4.69, 9.17) is 6.42 Å². The van der Waals surface area contributed by atoms with E-state index in [2.05, 4.69) is 11.2 Å². The molecule has 0 heterocycles. The van der Waals surface area contributed by atoms with E-state index >= 15 is 0 Å². The van der Waals surface area contributed by atoms with Crippen molar-refractivity contribution in [1.29, 1.82) is 0 Å². The molecule has 1 rings (SSSR count). The summed E-state index contributed by atoms with van der Waals surface area (Å²) in [5.74, 6) is 2.36. The summed E-state index contributed by atoms with van der Waals surface area (Å²) in [7, 11) is 0. The van der Waals surface area contributed by atoms with Crippen LogP contribution >= 0.6 is 0 Å². The van der Waals surface area contributed by atoms with Crippen molar-refractivity contribution in [2.45, 2.75) is 19.4 Å². The van der Waals surface area contributed by atoms with Gasteiger partial charge in [0.15, 0.2) is 0 Å². The summed E-state index contributed by atoms with van der Waals surface area (Å²) in [5, 5.41) is 3.16. The summed E-state index contributed by atoms with van der Waals surface area (Å²) >= 11 is 0. The second-order valence-corrected chi connectivity index (χ2v) is 3.15. The predicted molar refractivity (Wildman–Crippen MR) is 56.3 cm³/mol. The molecule has 74 valence electrons. The lowest BCUT2D eigenvalue weighted by Gasteiger charge is -2.13. The molecule has 0 radical (unpaired) electrons. The van der Waals surface area contributed by atoms with Gasteiger partial charge in [-0.05, 0) is 13.0 Å². The van der Waals surface area contributed by atoms with Gasteiger partial charge in [-0.15, -0.1) is 12.3 Å². The largest absolute Gasteiger partial charge is 0.309 e. The maximum atomic E-state index is 13.3. The van der Waals surface area contributed by atoms with Gasteiger partial charge in [0.1, 0.15) is 5.82 Å². The number of hydrogen-bond donors (Lipinski definition) is 1. The van der Waals surface area contributed by atoms with Crippen molar-refractivity contribution in [3.8, 4) is 12.3 Å². The van der Waals surface area contributed by atoms with Gasteiger partial charge in [0, 0.05) is 24.6 Å². The van der Waals surface area contributed by atoms with E-state index in [1.165, 1.54) is 6.07 Å². The third-order valence-corrected chi connectivity index (χ3v) is 2.09. The Hall–Kier alpha value is -1.33. The van der Waals surface area contributed by atoms with Crippen molar-refractivity contribution in [3.63, 3.8) is 0 Å². The molecule has 0 aromatic heterocycles. The minimum Gasteiger partial charge on any atom is -0.309 e. The molecule has 0 aliphatic heterocycles. The number of halogens is 1. The molecule has 2 heteroatoms. The molecular weight excluding hydrogens is 177 g/mol. The SMILES string of the molecule is C#CCCN[C@H](C)c1ccccc1F. The molecule has 0 unspecified atom stereocenters. The van der Waals surface area contributed by atoms with Crippen molar-refractivity contribution in [2.75, 3.05) is 6.54 Å². The van der Waals surface area contributed by atoms with Gasteiger partial charge in [0.25, 0.3) is 0 Å². The van der Waals surface area contributed by atoms with Crippen LogP contribution in [0.1, 0.15) is 24.9 Å². The highest BCUT2D eigenvalue weighted by Crippen LogP contribution is 2.15. The first-order chi connectivity index (χ1) is 6.75. The highest BCUT2D eigenvalue weighted by atomic mass is 19.1. The standard InChI is InChI=1S/C12H14FN/c1-3-4-9-14-10(2)11-7-5-6-8-12(11)13/h1,5-8,10,14H,4,9H2,2H3/t10-/m1/s1. The Kier molecular flexibility index (Phi) is 4.15. The molecule has 1 aromatic rings. The van der Waals surface area contributed by atoms with Crippen molar-refractivity contribution in [3.05, 3.63) is 35.6 Å². The molecule has 0 spiro atoms. The van der Waals surface area contributed by atoms with Gasteiger partial charge >= 0.3 is 0 Å². The van der Waals surface area contributed by atoms with Gasteiger partial charge < -0.3 is 5.32 Å². The Bertz CT molecular complexity index is 327. The number of terminal acetylenes is 1. The second-order valence-electron chi connectivity index (χ2n) is 3.15. The minimum absolute atomic E-state index is 0.00421. The normalized spacial score (nSPS) is 12.1.